The number of aromatic nitrogens is 1. The molecule has 2 saturated heterocycles. The van der Waals surface area contributed by atoms with Crippen LogP contribution in [0.4, 0.5) is 9.18 Å². The Labute approximate surface area is 169 Å². The molecule has 0 saturated carbocycles. The molecule has 1 amide bonds. The Morgan fingerprint density at radius 2 is 2.21 bits per heavy atom. The lowest BCUT2D eigenvalue weighted by Gasteiger charge is -2.33. The highest BCUT2D eigenvalue weighted by molar-refractivity contribution is 5.81. The molecular formula is C21H26FN3O4. The SMILES string of the molecule is CC(C)N1CCC(Oc2ccc3nc(OC(=O)NCC4(F)COC4)ccc3c2)C1. The minimum atomic E-state index is -1.50. The number of halogens is 1. The number of carbonyl (C=O) groups is 1. The van der Waals surface area contributed by atoms with Gasteiger partial charge in [0.25, 0.3) is 0 Å². The smallest absolute Gasteiger partial charge is 0.414 e. The van der Waals surface area contributed by atoms with Crippen molar-refractivity contribution in [1.82, 2.24) is 15.2 Å². The van der Waals surface area contributed by atoms with Gasteiger partial charge in [0.2, 0.25) is 5.88 Å². The van der Waals surface area contributed by atoms with E-state index in [4.69, 9.17) is 14.2 Å². The van der Waals surface area contributed by atoms with E-state index in [-0.39, 0.29) is 31.7 Å². The maximum atomic E-state index is 13.8. The van der Waals surface area contributed by atoms with Gasteiger partial charge in [0.05, 0.1) is 25.3 Å². The quantitative estimate of drug-likeness (QED) is 0.800. The van der Waals surface area contributed by atoms with Crippen LogP contribution in [0, 0.1) is 0 Å². The lowest BCUT2D eigenvalue weighted by atomic mass is 10.1. The van der Waals surface area contributed by atoms with E-state index in [1.165, 1.54) is 0 Å². The molecule has 3 heterocycles. The summed E-state index contributed by atoms with van der Waals surface area (Å²) >= 11 is 0. The second-order valence-corrected chi connectivity index (χ2v) is 8.01. The minimum absolute atomic E-state index is 0.0116. The molecule has 2 aromatic rings. The number of alkyl halides is 1. The molecule has 1 N–H and O–H groups in total. The fourth-order valence-electron chi connectivity index (χ4n) is 3.51. The molecule has 0 bridgehead atoms. The first-order valence-corrected chi connectivity index (χ1v) is 9.94. The number of likely N-dealkylation sites (tertiary alicyclic amines) is 1. The van der Waals surface area contributed by atoms with Crippen LogP contribution in [0.1, 0.15) is 20.3 Å². The van der Waals surface area contributed by atoms with Gasteiger partial charge in [-0.05, 0) is 44.5 Å². The molecular weight excluding hydrogens is 377 g/mol. The van der Waals surface area contributed by atoms with E-state index < -0.39 is 11.8 Å². The first-order chi connectivity index (χ1) is 13.9. The van der Waals surface area contributed by atoms with Gasteiger partial charge in [0, 0.05) is 30.6 Å². The molecule has 8 heteroatoms. The largest absolute Gasteiger partial charge is 0.489 e. The summed E-state index contributed by atoms with van der Waals surface area (Å²) in [4.78, 5) is 18.6. The number of rotatable bonds is 6. The zero-order valence-corrected chi connectivity index (χ0v) is 16.7. The fraction of sp³-hybridized carbons (Fsp3) is 0.524. The number of fused-ring (bicyclic) bond motifs is 1. The van der Waals surface area contributed by atoms with Crippen LogP contribution in [0.3, 0.4) is 0 Å². The van der Waals surface area contributed by atoms with Crippen molar-refractivity contribution in [2.75, 3.05) is 32.8 Å². The molecule has 2 aliphatic rings. The Bertz CT molecular complexity index is 887. The number of hydrogen-bond acceptors (Lipinski definition) is 6. The van der Waals surface area contributed by atoms with Crippen LogP contribution in [0.2, 0.25) is 0 Å². The summed E-state index contributed by atoms with van der Waals surface area (Å²) < 4.78 is 29.9. The highest BCUT2D eigenvalue weighted by Gasteiger charge is 2.39. The van der Waals surface area contributed by atoms with E-state index in [1.54, 1.807) is 6.07 Å². The molecule has 1 atom stereocenters. The number of hydrogen-bond donors (Lipinski definition) is 1. The van der Waals surface area contributed by atoms with Crippen molar-refractivity contribution in [3.8, 4) is 11.6 Å². The Balaban J connectivity index is 1.35. The van der Waals surface area contributed by atoms with Gasteiger partial charge in [-0.15, -0.1) is 0 Å². The molecule has 7 nitrogen and oxygen atoms in total. The summed E-state index contributed by atoms with van der Waals surface area (Å²) in [6.45, 7) is 6.21. The second kappa shape index (κ2) is 8.12. The van der Waals surface area contributed by atoms with Crippen LogP contribution in [-0.2, 0) is 4.74 Å². The summed E-state index contributed by atoms with van der Waals surface area (Å²) in [6.07, 6.45) is 0.466. The number of pyridine rings is 1. The van der Waals surface area contributed by atoms with Gasteiger partial charge in [-0.1, -0.05) is 0 Å². The van der Waals surface area contributed by atoms with Crippen LogP contribution in [-0.4, -0.2) is 66.6 Å². The standard InChI is InChI=1S/C21H26FN3O4/c1-14(2)25-8-7-17(10-25)28-16-4-5-18-15(9-16)3-6-19(24-18)29-20(26)23-11-21(22)12-27-13-21/h3-6,9,14,17H,7-8,10-13H2,1-2H3,(H,23,26). The molecule has 1 unspecified atom stereocenters. The molecule has 1 aromatic carbocycles. The van der Waals surface area contributed by atoms with Crippen LogP contribution in [0.5, 0.6) is 11.6 Å². The number of amides is 1. The average molecular weight is 403 g/mol. The molecule has 0 radical (unpaired) electrons. The summed E-state index contributed by atoms with van der Waals surface area (Å²) in [6, 6.07) is 9.61. The molecule has 2 aliphatic heterocycles. The van der Waals surface area contributed by atoms with E-state index in [2.05, 4.69) is 29.0 Å². The monoisotopic (exact) mass is 403 g/mol. The van der Waals surface area contributed by atoms with Gasteiger partial charge in [-0.25, -0.2) is 14.2 Å². The van der Waals surface area contributed by atoms with Crippen molar-refractivity contribution in [2.24, 2.45) is 0 Å². The summed E-state index contributed by atoms with van der Waals surface area (Å²) in [5.74, 6) is 0.960. The van der Waals surface area contributed by atoms with Crippen LogP contribution in [0.15, 0.2) is 30.3 Å². The van der Waals surface area contributed by atoms with E-state index in [1.807, 2.05) is 24.3 Å². The number of carbonyl (C=O) groups excluding carboxylic acids is 1. The molecule has 0 spiro atoms. The molecule has 0 aliphatic carbocycles. The summed E-state index contributed by atoms with van der Waals surface area (Å²) in [7, 11) is 0. The van der Waals surface area contributed by atoms with Gasteiger partial charge in [0.1, 0.15) is 11.9 Å². The lowest BCUT2D eigenvalue weighted by Crippen LogP contribution is -2.53. The van der Waals surface area contributed by atoms with Crippen LogP contribution >= 0.6 is 0 Å². The van der Waals surface area contributed by atoms with Gasteiger partial charge < -0.3 is 19.5 Å². The first kappa shape index (κ1) is 19.8. The molecule has 4 rings (SSSR count). The van der Waals surface area contributed by atoms with Crippen LogP contribution in [0.25, 0.3) is 10.9 Å². The van der Waals surface area contributed by atoms with Gasteiger partial charge in [0.15, 0.2) is 5.67 Å². The van der Waals surface area contributed by atoms with Crippen molar-refractivity contribution in [3.63, 3.8) is 0 Å². The number of ether oxygens (including phenoxy) is 3. The molecule has 29 heavy (non-hydrogen) atoms. The van der Waals surface area contributed by atoms with E-state index in [9.17, 15) is 9.18 Å². The minimum Gasteiger partial charge on any atom is -0.489 e. The van der Waals surface area contributed by atoms with E-state index in [0.29, 0.717) is 11.6 Å². The summed E-state index contributed by atoms with van der Waals surface area (Å²) in [5.41, 5.74) is -0.815. The first-order valence-electron chi connectivity index (χ1n) is 9.94. The third-order valence-electron chi connectivity index (χ3n) is 5.31. The lowest BCUT2D eigenvalue weighted by molar-refractivity contribution is -0.126. The maximum absolute atomic E-state index is 13.8. The number of nitrogens with one attached hydrogen (secondary N) is 1. The highest BCUT2D eigenvalue weighted by Crippen LogP contribution is 2.25. The Morgan fingerprint density at radius 1 is 1.38 bits per heavy atom. The van der Waals surface area contributed by atoms with E-state index >= 15 is 0 Å². The normalized spacial score (nSPS) is 21.2. The van der Waals surface area contributed by atoms with Gasteiger partial charge in [-0.3, -0.25) is 4.90 Å². The Morgan fingerprint density at radius 3 is 2.90 bits per heavy atom. The summed E-state index contributed by atoms with van der Waals surface area (Å²) in [5, 5.41) is 3.29. The van der Waals surface area contributed by atoms with E-state index in [0.717, 1.165) is 30.6 Å². The average Bonchev–Trinajstić information content (AvgIpc) is 3.14. The van der Waals surface area contributed by atoms with Crippen molar-refractivity contribution in [2.45, 2.75) is 38.1 Å². The van der Waals surface area contributed by atoms with Crippen molar-refractivity contribution >= 4 is 17.0 Å². The fourth-order valence-corrected chi connectivity index (χ4v) is 3.51. The van der Waals surface area contributed by atoms with Crippen molar-refractivity contribution in [3.05, 3.63) is 30.3 Å². The topological polar surface area (TPSA) is 72.9 Å². The van der Waals surface area contributed by atoms with Gasteiger partial charge >= 0.3 is 6.09 Å². The Hall–Kier alpha value is -2.45. The molecule has 1 aromatic heterocycles. The zero-order valence-electron chi connectivity index (χ0n) is 16.7. The highest BCUT2D eigenvalue weighted by atomic mass is 19.1. The van der Waals surface area contributed by atoms with Crippen LogP contribution < -0.4 is 14.8 Å². The van der Waals surface area contributed by atoms with Crippen molar-refractivity contribution in [1.29, 1.82) is 0 Å². The van der Waals surface area contributed by atoms with Crippen molar-refractivity contribution < 1.29 is 23.4 Å². The van der Waals surface area contributed by atoms with Gasteiger partial charge in [-0.2, -0.15) is 0 Å². The number of benzene rings is 1. The zero-order chi connectivity index (χ0) is 20.4. The third-order valence-corrected chi connectivity index (χ3v) is 5.31. The Kier molecular flexibility index (Phi) is 5.56. The third kappa shape index (κ3) is 4.76. The molecule has 156 valence electrons. The predicted octanol–water partition coefficient (Wildman–Crippen LogP) is 2.92. The molecule has 2 fully saturated rings. The number of nitrogens with zero attached hydrogens (tertiary/aromatic N) is 2. The maximum Gasteiger partial charge on any atom is 0.414 e. The predicted molar refractivity (Wildman–Crippen MR) is 106 cm³/mol. The second-order valence-electron chi connectivity index (χ2n) is 8.01.